The second-order valence-corrected chi connectivity index (χ2v) is 6.52. The lowest BCUT2D eigenvalue weighted by atomic mass is 10.2. The van der Waals surface area contributed by atoms with Crippen molar-refractivity contribution in [2.45, 2.75) is 39.3 Å². The van der Waals surface area contributed by atoms with Crippen molar-refractivity contribution in [3.05, 3.63) is 21.3 Å². The lowest BCUT2D eigenvalue weighted by Crippen LogP contribution is -2.26. The molecule has 0 unspecified atom stereocenters. The standard InChI is InChI=1S/C12H18ClNO2S/c1-12(2,3)16-11(15)6-7-14-8-9-4-5-10(13)17-9/h4-5,14H,6-8H2,1-3H3. The molecule has 0 bridgehead atoms. The first-order chi connectivity index (χ1) is 7.87. The number of hydrogen-bond donors (Lipinski definition) is 1. The van der Waals surface area contributed by atoms with E-state index in [2.05, 4.69) is 5.32 Å². The van der Waals surface area contributed by atoms with E-state index >= 15 is 0 Å². The topological polar surface area (TPSA) is 38.3 Å². The molecule has 0 aromatic carbocycles. The third kappa shape index (κ3) is 6.66. The molecule has 0 spiro atoms. The molecule has 0 fully saturated rings. The molecule has 1 heterocycles. The summed E-state index contributed by atoms with van der Waals surface area (Å²) in [6.07, 6.45) is 0.385. The third-order valence-electron chi connectivity index (χ3n) is 1.85. The number of hydrogen-bond acceptors (Lipinski definition) is 4. The Labute approximate surface area is 111 Å². The predicted molar refractivity (Wildman–Crippen MR) is 71.5 cm³/mol. The summed E-state index contributed by atoms with van der Waals surface area (Å²) in [6.45, 7) is 6.95. The molecule has 1 aromatic heterocycles. The number of thiophene rings is 1. The molecule has 1 aromatic rings. The lowest BCUT2D eigenvalue weighted by molar-refractivity contribution is -0.154. The van der Waals surface area contributed by atoms with Crippen LogP contribution in [0.2, 0.25) is 4.34 Å². The average molecular weight is 276 g/mol. The van der Waals surface area contributed by atoms with E-state index in [1.165, 1.54) is 4.88 Å². The fraction of sp³-hybridized carbons (Fsp3) is 0.583. The minimum absolute atomic E-state index is 0.172. The van der Waals surface area contributed by atoms with E-state index in [9.17, 15) is 4.79 Å². The number of rotatable bonds is 5. The van der Waals surface area contributed by atoms with Crippen molar-refractivity contribution in [2.24, 2.45) is 0 Å². The van der Waals surface area contributed by atoms with Gasteiger partial charge in [-0.15, -0.1) is 11.3 Å². The molecular formula is C12H18ClNO2S. The largest absolute Gasteiger partial charge is 0.460 e. The monoisotopic (exact) mass is 275 g/mol. The van der Waals surface area contributed by atoms with Gasteiger partial charge in [-0.1, -0.05) is 11.6 Å². The Hall–Kier alpha value is -0.580. The first-order valence-corrected chi connectivity index (χ1v) is 6.73. The lowest BCUT2D eigenvalue weighted by Gasteiger charge is -2.19. The van der Waals surface area contributed by atoms with Gasteiger partial charge in [-0.05, 0) is 32.9 Å². The minimum atomic E-state index is -0.404. The highest BCUT2D eigenvalue weighted by atomic mass is 35.5. The normalized spacial score (nSPS) is 11.5. The van der Waals surface area contributed by atoms with Crippen LogP contribution in [0.4, 0.5) is 0 Å². The zero-order valence-corrected chi connectivity index (χ0v) is 12.0. The first kappa shape index (κ1) is 14.5. The van der Waals surface area contributed by atoms with Gasteiger partial charge in [0.1, 0.15) is 5.60 Å². The van der Waals surface area contributed by atoms with E-state index in [-0.39, 0.29) is 5.97 Å². The Kier molecular flexibility index (Phi) is 5.43. The highest BCUT2D eigenvalue weighted by molar-refractivity contribution is 7.16. The zero-order valence-electron chi connectivity index (χ0n) is 10.4. The van der Waals surface area contributed by atoms with Gasteiger partial charge in [-0.3, -0.25) is 4.79 Å². The highest BCUT2D eigenvalue weighted by Gasteiger charge is 2.15. The SMILES string of the molecule is CC(C)(C)OC(=O)CCNCc1ccc(Cl)s1. The van der Waals surface area contributed by atoms with Crippen LogP contribution in [0.5, 0.6) is 0 Å². The van der Waals surface area contributed by atoms with E-state index in [1.807, 2.05) is 32.9 Å². The maximum Gasteiger partial charge on any atom is 0.307 e. The molecular weight excluding hydrogens is 258 g/mol. The molecule has 96 valence electrons. The summed E-state index contributed by atoms with van der Waals surface area (Å²) in [6, 6.07) is 3.85. The number of halogens is 1. The number of esters is 1. The first-order valence-electron chi connectivity index (χ1n) is 5.53. The quantitative estimate of drug-likeness (QED) is 0.662. The summed E-state index contributed by atoms with van der Waals surface area (Å²) >= 11 is 7.36. The van der Waals surface area contributed by atoms with Gasteiger partial charge in [0.2, 0.25) is 0 Å². The Morgan fingerprint density at radius 2 is 2.18 bits per heavy atom. The highest BCUT2D eigenvalue weighted by Crippen LogP contribution is 2.20. The number of carbonyl (C=O) groups excluding carboxylic acids is 1. The summed E-state index contributed by atoms with van der Waals surface area (Å²) in [5, 5.41) is 3.18. The average Bonchev–Trinajstić information content (AvgIpc) is 2.56. The van der Waals surface area contributed by atoms with Crippen LogP contribution < -0.4 is 5.32 Å². The van der Waals surface area contributed by atoms with Crippen LogP contribution in [-0.4, -0.2) is 18.1 Å². The summed E-state index contributed by atoms with van der Waals surface area (Å²) < 4.78 is 5.98. The third-order valence-corrected chi connectivity index (χ3v) is 3.09. The van der Waals surface area contributed by atoms with Gasteiger partial charge in [0.05, 0.1) is 10.8 Å². The molecule has 0 amide bonds. The van der Waals surface area contributed by atoms with Gasteiger partial charge < -0.3 is 10.1 Å². The van der Waals surface area contributed by atoms with Crippen molar-refractivity contribution in [3.8, 4) is 0 Å². The maximum atomic E-state index is 11.4. The Morgan fingerprint density at radius 1 is 1.47 bits per heavy atom. The second kappa shape index (κ2) is 6.38. The van der Waals surface area contributed by atoms with Gasteiger partial charge in [-0.25, -0.2) is 0 Å². The Bertz CT molecular complexity index is 371. The molecule has 0 aliphatic heterocycles. The summed E-state index contributed by atoms with van der Waals surface area (Å²) in [4.78, 5) is 12.6. The Balaban J connectivity index is 2.14. The molecule has 1 rings (SSSR count). The number of ether oxygens (including phenoxy) is 1. The van der Waals surface area contributed by atoms with Crippen LogP contribution in [0.3, 0.4) is 0 Å². The second-order valence-electron chi connectivity index (χ2n) is 4.72. The zero-order chi connectivity index (χ0) is 12.9. The minimum Gasteiger partial charge on any atom is -0.460 e. The van der Waals surface area contributed by atoms with Gasteiger partial charge in [-0.2, -0.15) is 0 Å². The van der Waals surface area contributed by atoms with Crippen LogP contribution in [0.25, 0.3) is 0 Å². The summed E-state index contributed by atoms with van der Waals surface area (Å²) in [5.74, 6) is -0.172. The number of nitrogens with one attached hydrogen (secondary N) is 1. The van der Waals surface area contributed by atoms with Crippen LogP contribution in [0.1, 0.15) is 32.1 Å². The van der Waals surface area contributed by atoms with Gasteiger partial charge in [0, 0.05) is 18.0 Å². The molecule has 5 heteroatoms. The molecule has 3 nitrogen and oxygen atoms in total. The van der Waals surface area contributed by atoms with Crippen molar-refractivity contribution in [1.29, 1.82) is 0 Å². The van der Waals surface area contributed by atoms with Gasteiger partial charge in [0.25, 0.3) is 0 Å². The summed E-state index contributed by atoms with van der Waals surface area (Å²) in [5.41, 5.74) is -0.404. The molecule has 0 saturated heterocycles. The number of carbonyl (C=O) groups is 1. The molecule has 0 atom stereocenters. The van der Waals surface area contributed by atoms with Crippen molar-refractivity contribution < 1.29 is 9.53 Å². The van der Waals surface area contributed by atoms with Gasteiger partial charge in [0.15, 0.2) is 0 Å². The molecule has 1 N–H and O–H groups in total. The van der Waals surface area contributed by atoms with E-state index in [1.54, 1.807) is 11.3 Å². The maximum absolute atomic E-state index is 11.4. The smallest absolute Gasteiger partial charge is 0.307 e. The van der Waals surface area contributed by atoms with E-state index in [0.29, 0.717) is 13.0 Å². The van der Waals surface area contributed by atoms with Crippen LogP contribution in [-0.2, 0) is 16.1 Å². The van der Waals surface area contributed by atoms with Crippen molar-refractivity contribution in [1.82, 2.24) is 5.32 Å². The Morgan fingerprint density at radius 3 is 2.71 bits per heavy atom. The van der Waals surface area contributed by atoms with Crippen molar-refractivity contribution >= 4 is 28.9 Å². The van der Waals surface area contributed by atoms with E-state index < -0.39 is 5.60 Å². The summed E-state index contributed by atoms with van der Waals surface area (Å²) in [7, 11) is 0. The van der Waals surface area contributed by atoms with Crippen LogP contribution >= 0.6 is 22.9 Å². The van der Waals surface area contributed by atoms with Crippen molar-refractivity contribution in [2.75, 3.05) is 6.54 Å². The van der Waals surface area contributed by atoms with Crippen molar-refractivity contribution in [3.63, 3.8) is 0 Å². The molecule has 0 aliphatic carbocycles. The molecule has 0 radical (unpaired) electrons. The van der Waals surface area contributed by atoms with E-state index in [4.69, 9.17) is 16.3 Å². The molecule has 0 aliphatic rings. The van der Waals surface area contributed by atoms with E-state index in [0.717, 1.165) is 10.9 Å². The van der Waals surface area contributed by atoms with Crippen LogP contribution in [0.15, 0.2) is 12.1 Å². The predicted octanol–water partition coefficient (Wildman–Crippen LogP) is 3.22. The van der Waals surface area contributed by atoms with Gasteiger partial charge >= 0.3 is 5.97 Å². The molecule has 17 heavy (non-hydrogen) atoms. The fourth-order valence-electron chi connectivity index (χ4n) is 1.24. The van der Waals surface area contributed by atoms with Crippen LogP contribution in [0, 0.1) is 0 Å². The fourth-order valence-corrected chi connectivity index (χ4v) is 2.30. The molecule has 0 saturated carbocycles.